The van der Waals surface area contributed by atoms with Crippen LogP contribution in [0.5, 0.6) is 0 Å². The molecule has 0 fully saturated rings. The predicted molar refractivity (Wildman–Crippen MR) is 82.3 cm³/mol. The van der Waals surface area contributed by atoms with Gasteiger partial charge in [0.2, 0.25) is 5.91 Å². The Kier molecular flexibility index (Phi) is 5.75. The molecule has 2 aromatic rings. The summed E-state index contributed by atoms with van der Waals surface area (Å²) in [6.07, 6.45) is 2.25. The fourth-order valence-corrected chi connectivity index (χ4v) is 1.99. The summed E-state index contributed by atoms with van der Waals surface area (Å²) in [5, 5.41) is 12.8. The number of nitrogens with one attached hydrogen (secondary N) is 1. The molecule has 1 unspecified atom stereocenters. The van der Waals surface area contributed by atoms with Crippen molar-refractivity contribution in [3.63, 3.8) is 0 Å². The molecule has 2 N–H and O–H groups in total. The molecule has 5 nitrogen and oxygen atoms in total. The van der Waals surface area contributed by atoms with E-state index in [9.17, 15) is 9.90 Å². The van der Waals surface area contributed by atoms with Gasteiger partial charge < -0.3 is 19.6 Å². The lowest BCUT2D eigenvalue weighted by Gasteiger charge is -2.21. The van der Waals surface area contributed by atoms with Crippen LogP contribution in [0, 0.1) is 0 Å². The molecule has 0 aliphatic carbocycles. The van der Waals surface area contributed by atoms with E-state index in [1.807, 2.05) is 30.3 Å². The topological polar surface area (TPSA) is 71.7 Å². The van der Waals surface area contributed by atoms with Crippen molar-refractivity contribution >= 4 is 5.91 Å². The molecule has 1 amide bonds. The fourth-order valence-electron chi connectivity index (χ4n) is 1.99. The first-order valence-electron chi connectivity index (χ1n) is 7.23. The smallest absolute Gasteiger partial charge is 0.246 e. The molecule has 1 atom stereocenters. The number of benzene rings is 1. The Morgan fingerprint density at radius 2 is 2.05 bits per heavy atom. The molecule has 0 saturated carbocycles. The van der Waals surface area contributed by atoms with Crippen LogP contribution in [0.25, 0.3) is 0 Å². The van der Waals surface area contributed by atoms with Crippen molar-refractivity contribution in [1.82, 2.24) is 5.32 Å². The minimum Gasteiger partial charge on any atom is -0.466 e. The van der Waals surface area contributed by atoms with E-state index in [4.69, 9.17) is 9.15 Å². The molecule has 0 saturated heterocycles. The van der Waals surface area contributed by atoms with Crippen LogP contribution in [-0.2, 0) is 21.6 Å². The maximum atomic E-state index is 11.7. The number of rotatable bonds is 8. The van der Waals surface area contributed by atoms with E-state index in [1.54, 1.807) is 19.1 Å². The van der Waals surface area contributed by atoms with E-state index in [-0.39, 0.29) is 19.1 Å². The quantitative estimate of drug-likeness (QED) is 0.730. The van der Waals surface area contributed by atoms with Crippen LogP contribution in [0.2, 0.25) is 0 Å². The maximum Gasteiger partial charge on any atom is 0.246 e. The third-order valence-electron chi connectivity index (χ3n) is 3.29. The third-order valence-corrected chi connectivity index (χ3v) is 3.29. The summed E-state index contributed by atoms with van der Waals surface area (Å²) in [6, 6.07) is 13.3. The number of hydrogen-bond acceptors (Lipinski definition) is 4. The SMILES string of the molecule is CC(O)(CNC(=O)COCCc1ccccc1)c1ccco1. The minimum atomic E-state index is -1.23. The summed E-state index contributed by atoms with van der Waals surface area (Å²) in [5.74, 6) is 0.151. The fraction of sp³-hybridized carbons (Fsp3) is 0.353. The second-order valence-electron chi connectivity index (χ2n) is 5.32. The van der Waals surface area contributed by atoms with Crippen LogP contribution in [0.1, 0.15) is 18.2 Å². The Balaban J connectivity index is 1.64. The maximum absolute atomic E-state index is 11.7. The van der Waals surface area contributed by atoms with E-state index in [0.29, 0.717) is 12.4 Å². The van der Waals surface area contributed by atoms with Crippen molar-refractivity contribution in [3.8, 4) is 0 Å². The molecule has 0 aliphatic rings. The molecule has 1 aromatic heterocycles. The Bertz CT molecular complexity index is 564. The number of hydrogen-bond donors (Lipinski definition) is 2. The van der Waals surface area contributed by atoms with Gasteiger partial charge in [-0.15, -0.1) is 0 Å². The monoisotopic (exact) mass is 303 g/mol. The third kappa shape index (κ3) is 5.02. The number of carbonyl (C=O) groups is 1. The second-order valence-corrected chi connectivity index (χ2v) is 5.32. The van der Waals surface area contributed by atoms with Crippen molar-refractivity contribution in [2.45, 2.75) is 18.9 Å². The van der Waals surface area contributed by atoms with Gasteiger partial charge in [-0.3, -0.25) is 4.79 Å². The molecular formula is C17H21NO4. The lowest BCUT2D eigenvalue weighted by Crippen LogP contribution is -2.40. The van der Waals surface area contributed by atoms with Crippen molar-refractivity contribution in [3.05, 3.63) is 60.1 Å². The largest absolute Gasteiger partial charge is 0.466 e. The highest BCUT2D eigenvalue weighted by atomic mass is 16.5. The highest BCUT2D eigenvalue weighted by Crippen LogP contribution is 2.19. The summed E-state index contributed by atoms with van der Waals surface area (Å²) < 4.78 is 10.5. The summed E-state index contributed by atoms with van der Waals surface area (Å²) in [5.41, 5.74) is -0.0629. The molecule has 2 rings (SSSR count). The number of aliphatic hydroxyl groups is 1. The molecule has 118 valence electrons. The first-order valence-corrected chi connectivity index (χ1v) is 7.23. The average Bonchev–Trinajstić information content (AvgIpc) is 3.06. The van der Waals surface area contributed by atoms with E-state index in [0.717, 1.165) is 6.42 Å². The van der Waals surface area contributed by atoms with Crippen LogP contribution in [-0.4, -0.2) is 30.8 Å². The molecule has 1 aromatic carbocycles. The van der Waals surface area contributed by atoms with Crippen LogP contribution < -0.4 is 5.32 Å². The van der Waals surface area contributed by atoms with Gasteiger partial charge in [-0.05, 0) is 31.0 Å². The lowest BCUT2D eigenvalue weighted by atomic mass is 10.0. The van der Waals surface area contributed by atoms with Crippen molar-refractivity contribution in [2.24, 2.45) is 0 Å². The van der Waals surface area contributed by atoms with Gasteiger partial charge >= 0.3 is 0 Å². The Morgan fingerprint density at radius 3 is 2.73 bits per heavy atom. The molecule has 0 radical (unpaired) electrons. The number of carbonyl (C=O) groups excluding carboxylic acids is 1. The number of ether oxygens (including phenoxy) is 1. The lowest BCUT2D eigenvalue weighted by molar-refractivity contribution is -0.127. The molecular weight excluding hydrogens is 282 g/mol. The summed E-state index contributed by atoms with van der Waals surface area (Å²) in [4.78, 5) is 11.7. The first-order chi connectivity index (χ1) is 10.6. The minimum absolute atomic E-state index is 0.0267. The number of amides is 1. The molecule has 5 heteroatoms. The van der Waals surface area contributed by atoms with Gasteiger partial charge in [0, 0.05) is 0 Å². The van der Waals surface area contributed by atoms with Gasteiger partial charge in [0.25, 0.3) is 0 Å². The van der Waals surface area contributed by atoms with Gasteiger partial charge in [-0.1, -0.05) is 30.3 Å². The van der Waals surface area contributed by atoms with Gasteiger partial charge in [-0.25, -0.2) is 0 Å². The highest BCUT2D eigenvalue weighted by molar-refractivity contribution is 5.77. The molecule has 0 aliphatic heterocycles. The zero-order chi connectivity index (χ0) is 15.8. The normalized spacial score (nSPS) is 13.5. The first kappa shape index (κ1) is 16.3. The second kappa shape index (κ2) is 7.77. The summed E-state index contributed by atoms with van der Waals surface area (Å²) >= 11 is 0. The Morgan fingerprint density at radius 1 is 1.27 bits per heavy atom. The predicted octanol–water partition coefficient (Wildman–Crippen LogP) is 1.86. The van der Waals surface area contributed by atoms with Crippen molar-refractivity contribution < 1.29 is 19.1 Å². The Labute approximate surface area is 129 Å². The summed E-state index contributed by atoms with van der Waals surface area (Å²) in [6.45, 7) is 2.11. The van der Waals surface area contributed by atoms with Crippen molar-refractivity contribution in [1.29, 1.82) is 0 Å². The van der Waals surface area contributed by atoms with Crippen molar-refractivity contribution in [2.75, 3.05) is 19.8 Å². The van der Waals surface area contributed by atoms with Crippen LogP contribution in [0.15, 0.2) is 53.1 Å². The average molecular weight is 303 g/mol. The van der Waals surface area contributed by atoms with Crippen LogP contribution >= 0.6 is 0 Å². The van der Waals surface area contributed by atoms with E-state index in [2.05, 4.69) is 5.32 Å². The molecule has 0 spiro atoms. The van der Waals surface area contributed by atoms with Gasteiger partial charge in [0.15, 0.2) is 0 Å². The van der Waals surface area contributed by atoms with Crippen LogP contribution in [0.4, 0.5) is 0 Å². The van der Waals surface area contributed by atoms with Gasteiger partial charge in [0.1, 0.15) is 18.0 Å². The highest BCUT2D eigenvalue weighted by Gasteiger charge is 2.26. The van der Waals surface area contributed by atoms with Crippen LogP contribution in [0.3, 0.4) is 0 Å². The number of furan rings is 1. The van der Waals surface area contributed by atoms with E-state index >= 15 is 0 Å². The molecule has 0 bridgehead atoms. The zero-order valence-electron chi connectivity index (χ0n) is 12.6. The zero-order valence-corrected chi connectivity index (χ0v) is 12.6. The Hall–Kier alpha value is -2.11. The van der Waals surface area contributed by atoms with E-state index in [1.165, 1.54) is 11.8 Å². The summed E-state index contributed by atoms with van der Waals surface area (Å²) in [7, 11) is 0. The standard InChI is InChI=1S/C17H21NO4/c1-17(20,15-8-5-10-22-15)13-18-16(19)12-21-11-9-14-6-3-2-4-7-14/h2-8,10,20H,9,11-13H2,1H3,(H,18,19). The van der Waals surface area contributed by atoms with Gasteiger partial charge in [-0.2, -0.15) is 0 Å². The molecule has 22 heavy (non-hydrogen) atoms. The van der Waals surface area contributed by atoms with E-state index < -0.39 is 5.60 Å². The molecule has 1 heterocycles. The van der Waals surface area contributed by atoms with Gasteiger partial charge in [0.05, 0.1) is 19.4 Å².